The monoisotopic (exact) mass is 378 g/mol. The first-order chi connectivity index (χ1) is 13.0. The van der Waals surface area contributed by atoms with Gasteiger partial charge in [-0.1, -0.05) is 12.1 Å². The first kappa shape index (κ1) is 20.1. The van der Waals surface area contributed by atoms with Gasteiger partial charge in [-0.25, -0.2) is 4.98 Å². The van der Waals surface area contributed by atoms with Gasteiger partial charge in [-0.2, -0.15) is 5.10 Å². The molecule has 0 saturated carbocycles. The van der Waals surface area contributed by atoms with E-state index in [2.05, 4.69) is 45.8 Å². The van der Waals surface area contributed by atoms with Gasteiger partial charge in [0.05, 0.1) is 28.5 Å². The Morgan fingerprint density at radius 3 is 2.43 bits per heavy atom. The minimum Gasteiger partial charge on any atom is -0.339 e. The number of carbonyl (C=O) groups is 1. The third kappa shape index (κ3) is 3.53. The summed E-state index contributed by atoms with van der Waals surface area (Å²) in [5.41, 5.74) is 5.40. The molecule has 28 heavy (non-hydrogen) atoms. The number of aromatic nitrogens is 3. The minimum atomic E-state index is -0.113. The first-order valence-corrected chi connectivity index (χ1v) is 9.74. The Kier molecular flexibility index (Phi) is 5.04. The van der Waals surface area contributed by atoms with E-state index in [4.69, 9.17) is 4.98 Å². The zero-order valence-electron chi connectivity index (χ0n) is 18.2. The lowest BCUT2D eigenvalue weighted by molar-refractivity contribution is 0.0757. The van der Waals surface area contributed by atoms with Gasteiger partial charge in [-0.15, -0.1) is 0 Å². The van der Waals surface area contributed by atoms with Crippen molar-refractivity contribution in [3.8, 4) is 11.3 Å². The highest BCUT2D eigenvalue weighted by Gasteiger charge is 2.21. The molecule has 0 aliphatic carbocycles. The van der Waals surface area contributed by atoms with Crippen LogP contribution in [0.4, 0.5) is 0 Å². The highest BCUT2D eigenvalue weighted by molar-refractivity contribution is 6.08. The van der Waals surface area contributed by atoms with Gasteiger partial charge in [0.25, 0.3) is 5.91 Å². The Bertz CT molecular complexity index is 1040. The fourth-order valence-corrected chi connectivity index (χ4v) is 3.10. The lowest BCUT2D eigenvalue weighted by atomic mass is 9.99. The van der Waals surface area contributed by atoms with Gasteiger partial charge in [-0.3, -0.25) is 9.48 Å². The van der Waals surface area contributed by atoms with Crippen LogP contribution >= 0.6 is 0 Å². The van der Waals surface area contributed by atoms with Crippen molar-refractivity contribution in [3.63, 3.8) is 0 Å². The molecular formula is C23H30N4O. The van der Waals surface area contributed by atoms with Gasteiger partial charge in [0.2, 0.25) is 0 Å². The number of fused-ring (bicyclic) bond motifs is 1. The second kappa shape index (κ2) is 7.04. The van der Waals surface area contributed by atoms with Crippen LogP contribution in [0.25, 0.3) is 22.2 Å². The molecule has 0 fully saturated rings. The van der Waals surface area contributed by atoms with Gasteiger partial charge < -0.3 is 4.90 Å². The topological polar surface area (TPSA) is 51.0 Å². The van der Waals surface area contributed by atoms with E-state index >= 15 is 0 Å². The van der Waals surface area contributed by atoms with E-state index < -0.39 is 0 Å². The van der Waals surface area contributed by atoms with Gasteiger partial charge in [0, 0.05) is 30.2 Å². The highest BCUT2D eigenvalue weighted by atomic mass is 16.2. The molecule has 2 heterocycles. The average Bonchev–Trinajstić information content (AvgIpc) is 3.13. The van der Waals surface area contributed by atoms with Crippen LogP contribution in [0.2, 0.25) is 0 Å². The predicted octanol–water partition coefficient (Wildman–Crippen LogP) is 4.95. The zero-order valence-corrected chi connectivity index (χ0v) is 18.2. The van der Waals surface area contributed by atoms with Gasteiger partial charge in [0.1, 0.15) is 0 Å². The summed E-state index contributed by atoms with van der Waals surface area (Å²) in [7, 11) is 1.84. The number of aryl methyl sites for hydroxylation is 2. The third-order valence-electron chi connectivity index (χ3n) is 5.40. The van der Waals surface area contributed by atoms with Crippen LogP contribution in [0.15, 0.2) is 30.6 Å². The molecule has 5 nitrogen and oxygen atoms in total. The number of benzene rings is 1. The minimum absolute atomic E-state index is 0.00937. The van der Waals surface area contributed by atoms with E-state index in [1.807, 2.05) is 50.1 Å². The Balaban J connectivity index is 2.26. The summed E-state index contributed by atoms with van der Waals surface area (Å²) in [5.74, 6) is 0.00937. The van der Waals surface area contributed by atoms with Crippen molar-refractivity contribution < 1.29 is 4.79 Å². The molecule has 3 rings (SSSR count). The fourth-order valence-electron chi connectivity index (χ4n) is 3.10. The van der Waals surface area contributed by atoms with E-state index in [0.717, 1.165) is 33.3 Å². The van der Waals surface area contributed by atoms with E-state index in [0.29, 0.717) is 5.56 Å². The average molecular weight is 379 g/mol. The summed E-state index contributed by atoms with van der Waals surface area (Å²) in [6.07, 6.45) is 3.82. The highest BCUT2D eigenvalue weighted by Crippen LogP contribution is 2.29. The fraction of sp³-hybridized carbons (Fsp3) is 0.435. The van der Waals surface area contributed by atoms with E-state index in [1.165, 1.54) is 0 Å². The summed E-state index contributed by atoms with van der Waals surface area (Å²) in [6, 6.07) is 6.09. The molecule has 0 aliphatic heterocycles. The smallest absolute Gasteiger partial charge is 0.254 e. The van der Waals surface area contributed by atoms with Crippen molar-refractivity contribution in [3.05, 3.63) is 47.3 Å². The van der Waals surface area contributed by atoms with E-state index in [1.54, 1.807) is 4.90 Å². The number of carbonyl (C=O) groups excluding carboxylic acids is 1. The molecule has 0 bridgehead atoms. The van der Waals surface area contributed by atoms with Crippen molar-refractivity contribution in [2.75, 3.05) is 7.05 Å². The number of pyridine rings is 1. The molecule has 3 aromatic rings. The lowest BCUT2D eigenvalue weighted by Crippen LogP contribution is -2.33. The molecule has 148 valence electrons. The number of hydrogen-bond donors (Lipinski definition) is 0. The maximum absolute atomic E-state index is 13.2. The number of rotatable bonds is 3. The van der Waals surface area contributed by atoms with Crippen LogP contribution in [-0.2, 0) is 5.54 Å². The molecule has 5 heteroatoms. The quantitative estimate of drug-likeness (QED) is 0.648. The van der Waals surface area contributed by atoms with Crippen molar-refractivity contribution >= 4 is 16.8 Å². The Morgan fingerprint density at radius 1 is 1.18 bits per heavy atom. The van der Waals surface area contributed by atoms with Crippen molar-refractivity contribution in [2.45, 2.75) is 60.0 Å². The third-order valence-corrected chi connectivity index (χ3v) is 5.40. The number of amides is 1. The molecule has 1 aromatic carbocycles. The van der Waals surface area contributed by atoms with Crippen LogP contribution in [0.5, 0.6) is 0 Å². The molecule has 0 spiro atoms. The summed E-state index contributed by atoms with van der Waals surface area (Å²) in [6.45, 7) is 14.5. The molecule has 0 N–H and O–H groups in total. The molecule has 0 saturated heterocycles. The van der Waals surface area contributed by atoms with Crippen molar-refractivity contribution in [2.24, 2.45) is 0 Å². The zero-order chi connectivity index (χ0) is 20.8. The summed E-state index contributed by atoms with van der Waals surface area (Å²) in [5, 5.41) is 5.40. The Morgan fingerprint density at radius 2 is 1.86 bits per heavy atom. The van der Waals surface area contributed by atoms with Gasteiger partial charge in [0.15, 0.2) is 0 Å². The van der Waals surface area contributed by atoms with Crippen LogP contribution in [-0.4, -0.2) is 38.7 Å². The predicted molar refractivity (Wildman–Crippen MR) is 115 cm³/mol. The molecule has 0 aliphatic rings. The molecule has 0 unspecified atom stereocenters. The van der Waals surface area contributed by atoms with Crippen molar-refractivity contribution in [1.29, 1.82) is 0 Å². The first-order valence-electron chi connectivity index (χ1n) is 9.74. The lowest BCUT2D eigenvalue weighted by Gasteiger charge is -2.23. The summed E-state index contributed by atoms with van der Waals surface area (Å²) < 4.78 is 1.93. The summed E-state index contributed by atoms with van der Waals surface area (Å²) in [4.78, 5) is 19.9. The van der Waals surface area contributed by atoms with E-state index in [-0.39, 0.29) is 17.5 Å². The molecule has 2 aromatic heterocycles. The maximum atomic E-state index is 13.2. The van der Waals surface area contributed by atoms with Crippen LogP contribution in [0, 0.1) is 13.8 Å². The van der Waals surface area contributed by atoms with Crippen molar-refractivity contribution in [1.82, 2.24) is 19.7 Å². The Hall–Kier alpha value is -2.69. The number of nitrogens with zero attached hydrogens (tertiary/aromatic N) is 4. The number of hydrogen-bond acceptors (Lipinski definition) is 3. The van der Waals surface area contributed by atoms with Gasteiger partial charge in [-0.05, 0) is 65.7 Å². The maximum Gasteiger partial charge on any atom is 0.254 e. The van der Waals surface area contributed by atoms with Crippen LogP contribution < -0.4 is 0 Å². The normalized spacial score (nSPS) is 12.0. The molecular weight excluding hydrogens is 348 g/mol. The van der Waals surface area contributed by atoms with Crippen LogP contribution in [0.3, 0.4) is 0 Å². The summed E-state index contributed by atoms with van der Waals surface area (Å²) >= 11 is 0. The Labute approximate surface area is 167 Å². The second-order valence-corrected chi connectivity index (χ2v) is 8.81. The van der Waals surface area contributed by atoms with Crippen LogP contribution in [0.1, 0.15) is 56.1 Å². The van der Waals surface area contributed by atoms with Gasteiger partial charge >= 0.3 is 0 Å². The SMILES string of the molecule is Cc1ccc2c(C(=O)N(C)C(C)C)cc(-c3cnn(C(C)(C)C)c3)nc2c1C. The van der Waals surface area contributed by atoms with E-state index in [9.17, 15) is 4.79 Å². The molecule has 0 radical (unpaired) electrons. The standard InChI is InChI=1S/C23H30N4O/c1-14(2)26(8)22(28)19-11-20(17-12-24-27(13-17)23(5,6)7)25-21-16(4)15(3)9-10-18(19)21/h9-14H,1-8H3. The molecule has 0 atom stereocenters. The largest absolute Gasteiger partial charge is 0.339 e. The second-order valence-electron chi connectivity index (χ2n) is 8.81. The molecule has 1 amide bonds.